The minimum atomic E-state index is -0.103. The number of halogens is 2. The van der Waals surface area contributed by atoms with E-state index in [2.05, 4.69) is 4.99 Å². The molecule has 1 heterocycles. The summed E-state index contributed by atoms with van der Waals surface area (Å²) in [6, 6.07) is 10.9. The monoisotopic (exact) mass is 464 g/mol. The summed E-state index contributed by atoms with van der Waals surface area (Å²) in [6.07, 6.45) is 1.77. The van der Waals surface area contributed by atoms with Crippen LogP contribution in [0, 0.1) is 0 Å². The molecule has 8 heteroatoms. The summed E-state index contributed by atoms with van der Waals surface area (Å²) in [7, 11) is 0. The first-order chi connectivity index (χ1) is 14.5. The van der Waals surface area contributed by atoms with Gasteiger partial charge in [-0.2, -0.15) is 0 Å². The van der Waals surface area contributed by atoms with Gasteiger partial charge in [0.05, 0.1) is 33.9 Å². The number of benzene rings is 2. The fourth-order valence-corrected chi connectivity index (χ4v) is 4.54. The van der Waals surface area contributed by atoms with Crippen molar-refractivity contribution in [2.75, 3.05) is 19.8 Å². The molecule has 0 atom stereocenters. The second kappa shape index (κ2) is 10.2. The third-order valence-electron chi connectivity index (χ3n) is 4.18. The van der Waals surface area contributed by atoms with E-state index in [1.807, 2.05) is 45.0 Å². The number of nitrogens with zero attached hydrogens (tertiary/aromatic N) is 2. The molecule has 0 spiro atoms. The molecule has 1 aliphatic rings. The molecule has 0 aliphatic carbocycles. The Morgan fingerprint density at radius 2 is 1.67 bits per heavy atom. The zero-order valence-electron chi connectivity index (χ0n) is 16.9. The van der Waals surface area contributed by atoms with Gasteiger partial charge in [-0.1, -0.05) is 23.2 Å². The van der Waals surface area contributed by atoms with E-state index >= 15 is 0 Å². The third-order valence-corrected chi connectivity index (χ3v) is 5.75. The Kier molecular flexibility index (Phi) is 7.69. The highest BCUT2D eigenvalue weighted by Gasteiger charge is 2.32. The highest BCUT2D eigenvalue weighted by molar-refractivity contribution is 8.18. The van der Waals surface area contributed by atoms with Gasteiger partial charge in [0.15, 0.2) is 10.9 Å². The first-order valence-corrected chi connectivity index (χ1v) is 11.2. The lowest BCUT2D eigenvalue weighted by Gasteiger charge is -2.12. The molecule has 158 valence electrons. The highest BCUT2D eigenvalue weighted by atomic mass is 35.5. The molecule has 30 heavy (non-hydrogen) atoms. The number of amides is 1. The van der Waals surface area contributed by atoms with Gasteiger partial charge in [0.2, 0.25) is 0 Å². The second-order valence-corrected chi connectivity index (χ2v) is 8.05. The number of hydrogen-bond acceptors (Lipinski definition) is 5. The van der Waals surface area contributed by atoms with Crippen molar-refractivity contribution in [3.63, 3.8) is 0 Å². The first kappa shape index (κ1) is 22.5. The van der Waals surface area contributed by atoms with Crippen molar-refractivity contribution >= 4 is 57.8 Å². The summed E-state index contributed by atoms with van der Waals surface area (Å²) in [6.45, 7) is 7.30. The normalized spacial score (nSPS) is 16.6. The molecule has 0 bridgehead atoms. The van der Waals surface area contributed by atoms with Crippen molar-refractivity contribution in [1.82, 2.24) is 4.90 Å². The highest BCUT2D eigenvalue weighted by Crippen LogP contribution is 2.38. The molecule has 0 unspecified atom stereocenters. The number of ether oxygens (including phenoxy) is 2. The fourth-order valence-electron chi connectivity index (χ4n) is 2.86. The topological polar surface area (TPSA) is 51.1 Å². The van der Waals surface area contributed by atoms with Gasteiger partial charge in [-0.25, -0.2) is 4.99 Å². The number of likely N-dealkylation sites (N-methyl/N-ethyl adjacent to an activating group) is 1. The van der Waals surface area contributed by atoms with Gasteiger partial charge in [0, 0.05) is 6.54 Å². The van der Waals surface area contributed by atoms with E-state index in [1.54, 1.807) is 23.1 Å². The Hall–Kier alpha value is -2.15. The van der Waals surface area contributed by atoms with Crippen LogP contribution >= 0.6 is 35.0 Å². The van der Waals surface area contributed by atoms with Gasteiger partial charge < -0.3 is 9.47 Å². The van der Waals surface area contributed by atoms with Crippen LogP contribution in [0.25, 0.3) is 6.08 Å². The number of amidine groups is 1. The van der Waals surface area contributed by atoms with E-state index in [0.29, 0.717) is 45.6 Å². The van der Waals surface area contributed by atoms with Crippen molar-refractivity contribution in [2.24, 2.45) is 4.99 Å². The summed E-state index contributed by atoms with van der Waals surface area (Å²) < 4.78 is 10.9. The molecule has 5 nitrogen and oxygen atoms in total. The lowest BCUT2D eigenvalue weighted by molar-refractivity contribution is -0.122. The third kappa shape index (κ3) is 5.12. The molecule has 0 saturated carbocycles. The fraction of sp³-hybridized carbons (Fsp3) is 0.273. The Morgan fingerprint density at radius 3 is 2.23 bits per heavy atom. The minimum Gasteiger partial charge on any atom is -0.494 e. The van der Waals surface area contributed by atoms with E-state index in [4.69, 9.17) is 32.7 Å². The summed E-state index contributed by atoms with van der Waals surface area (Å²) >= 11 is 13.9. The second-order valence-electron chi connectivity index (χ2n) is 6.23. The van der Waals surface area contributed by atoms with Crippen molar-refractivity contribution in [3.05, 3.63) is 56.9 Å². The molecule has 0 radical (unpaired) electrons. The van der Waals surface area contributed by atoms with Crippen LogP contribution in [0.3, 0.4) is 0 Å². The molecule has 1 amide bonds. The molecular formula is C22H22Cl2N2O3S. The molecule has 2 aromatic carbocycles. The van der Waals surface area contributed by atoms with Gasteiger partial charge in [0.25, 0.3) is 5.91 Å². The van der Waals surface area contributed by atoms with Gasteiger partial charge in [-0.3, -0.25) is 9.69 Å². The molecule has 2 aromatic rings. The molecule has 1 fully saturated rings. The molecule has 1 aliphatic heterocycles. The van der Waals surface area contributed by atoms with Gasteiger partial charge in [-0.05, 0) is 80.6 Å². The van der Waals surface area contributed by atoms with Crippen LogP contribution < -0.4 is 9.47 Å². The maximum Gasteiger partial charge on any atom is 0.266 e. The number of aliphatic imine (C=N–C) groups is 1. The summed E-state index contributed by atoms with van der Waals surface area (Å²) in [5, 5.41) is 1.44. The zero-order valence-corrected chi connectivity index (χ0v) is 19.3. The molecule has 0 N–H and O–H groups in total. The van der Waals surface area contributed by atoms with Gasteiger partial charge in [0.1, 0.15) is 5.75 Å². The van der Waals surface area contributed by atoms with Crippen LogP contribution in [0.2, 0.25) is 10.0 Å². The van der Waals surface area contributed by atoms with Crippen LogP contribution in [-0.2, 0) is 4.79 Å². The standard InChI is InChI=1S/C22H22Cl2N2O3S/c1-4-26-21(27)19(13-14-11-17(23)20(29-6-3)18(24)12-14)30-22(26)25-15-7-9-16(10-8-15)28-5-2/h7-13H,4-6H2,1-3H3. The quantitative estimate of drug-likeness (QED) is 0.443. The Balaban J connectivity index is 1.88. The Labute approximate surface area is 190 Å². The van der Waals surface area contributed by atoms with Crippen LogP contribution in [0.5, 0.6) is 11.5 Å². The van der Waals surface area contributed by atoms with Crippen molar-refractivity contribution in [1.29, 1.82) is 0 Å². The summed E-state index contributed by atoms with van der Waals surface area (Å²) in [4.78, 5) is 19.7. The summed E-state index contributed by atoms with van der Waals surface area (Å²) in [5.41, 5.74) is 1.48. The number of thioether (sulfide) groups is 1. The van der Waals surface area contributed by atoms with Crippen molar-refractivity contribution < 1.29 is 14.3 Å². The predicted molar refractivity (Wildman–Crippen MR) is 125 cm³/mol. The summed E-state index contributed by atoms with van der Waals surface area (Å²) in [5.74, 6) is 1.13. The average Bonchev–Trinajstić information content (AvgIpc) is 3.00. The average molecular weight is 465 g/mol. The molecule has 1 saturated heterocycles. The van der Waals surface area contributed by atoms with Crippen LogP contribution in [-0.4, -0.2) is 35.7 Å². The Bertz CT molecular complexity index is 967. The lowest BCUT2D eigenvalue weighted by atomic mass is 10.2. The van der Waals surface area contributed by atoms with E-state index in [0.717, 1.165) is 17.0 Å². The first-order valence-electron chi connectivity index (χ1n) is 9.61. The molecular weight excluding hydrogens is 443 g/mol. The molecule has 3 rings (SSSR count). The van der Waals surface area contributed by atoms with Crippen molar-refractivity contribution in [3.8, 4) is 11.5 Å². The van der Waals surface area contributed by atoms with E-state index < -0.39 is 0 Å². The van der Waals surface area contributed by atoms with E-state index in [-0.39, 0.29) is 5.91 Å². The molecule has 0 aromatic heterocycles. The predicted octanol–water partition coefficient (Wildman–Crippen LogP) is 6.41. The Morgan fingerprint density at radius 1 is 1.03 bits per heavy atom. The van der Waals surface area contributed by atoms with Gasteiger partial charge in [-0.15, -0.1) is 0 Å². The number of hydrogen-bond donors (Lipinski definition) is 0. The van der Waals surface area contributed by atoms with Crippen LogP contribution in [0.1, 0.15) is 26.3 Å². The SMILES string of the molecule is CCOc1ccc(N=C2SC(=Cc3cc(Cl)c(OCC)c(Cl)c3)C(=O)N2CC)cc1. The maximum absolute atomic E-state index is 12.9. The van der Waals surface area contributed by atoms with Crippen molar-refractivity contribution in [2.45, 2.75) is 20.8 Å². The van der Waals surface area contributed by atoms with E-state index in [9.17, 15) is 4.79 Å². The number of rotatable bonds is 7. The zero-order chi connectivity index (χ0) is 21.7. The van der Waals surface area contributed by atoms with Gasteiger partial charge >= 0.3 is 0 Å². The lowest BCUT2D eigenvalue weighted by Crippen LogP contribution is -2.28. The maximum atomic E-state index is 12.9. The largest absolute Gasteiger partial charge is 0.494 e. The number of carbonyl (C=O) groups excluding carboxylic acids is 1. The van der Waals surface area contributed by atoms with E-state index in [1.165, 1.54) is 11.8 Å². The number of carbonyl (C=O) groups is 1. The van der Waals surface area contributed by atoms with Crippen LogP contribution in [0.4, 0.5) is 5.69 Å². The smallest absolute Gasteiger partial charge is 0.266 e. The van der Waals surface area contributed by atoms with Crippen LogP contribution in [0.15, 0.2) is 46.3 Å². The minimum absolute atomic E-state index is 0.103.